The number of hydrogen-bond acceptors (Lipinski definition) is 3. The van der Waals surface area contributed by atoms with Gasteiger partial charge in [0.25, 0.3) is 0 Å². The van der Waals surface area contributed by atoms with Crippen LogP contribution in [0, 0.1) is 11.6 Å². The van der Waals surface area contributed by atoms with Gasteiger partial charge in [0.05, 0.1) is 5.75 Å². The van der Waals surface area contributed by atoms with Crippen LogP contribution in [0.25, 0.3) is 0 Å². The fourth-order valence-electron chi connectivity index (χ4n) is 2.42. The van der Waals surface area contributed by atoms with Gasteiger partial charge in [0.2, 0.25) is 10.0 Å². The Morgan fingerprint density at radius 1 is 1.29 bits per heavy atom. The first-order chi connectivity index (χ1) is 9.83. The maximum absolute atomic E-state index is 13.6. The topological polar surface area (TPSA) is 74.7 Å². The largest absolute Gasteiger partial charge is 0.480 e. The Kier molecular flexibility index (Phi) is 4.58. The molecule has 21 heavy (non-hydrogen) atoms. The average molecular weight is 319 g/mol. The number of carboxylic acid groups (broad SMARTS) is 1. The van der Waals surface area contributed by atoms with Gasteiger partial charge in [-0.15, -0.1) is 0 Å². The zero-order chi connectivity index (χ0) is 15.6. The molecule has 1 saturated heterocycles. The molecule has 1 aliphatic rings. The summed E-state index contributed by atoms with van der Waals surface area (Å²) in [5, 5.41) is 9.09. The molecule has 1 atom stereocenters. The van der Waals surface area contributed by atoms with E-state index in [2.05, 4.69) is 0 Å². The lowest BCUT2D eigenvalue weighted by Gasteiger charge is -2.31. The quantitative estimate of drug-likeness (QED) is 0.917. The summed E-state index contributed by atoms with van der Waals surface area (Å²) in [6.45, 7) is 0.0510. The minimum absolute atomic E-state index is 0.0510. The van der Waals surface area contributed by atoms with Crippen LogP contribution in [0.4, 0.5) is 8.78 Å². The smallest absolute Gasteiger partial charge is 0.322 e. The third-order valence-electron chi connectivity index (χ3n) is 3.48. The van der Waals surface area contributed by atoms with Crippen LogP contribution in [0.3, 0.4) is 0 Å². The minimum Gasteiger partial charge on any atom is -0.480 e. The van der Waals surface area contributed by atoms with Crippen LogP contribution in [0.2, 0.25) is 0 Å². The Morgan fingerprint density at radius 2 is 1.90 bits per heavy atom. The molecule has 5 nitrogen and oxygen atoms in total. The molecule has 0 radical (unpaired) electrons. The van der Waals surface area contributed by atoms with Gasteiger partial charge in [0.15, 0.2) is 0 Å². The van der Waals surface area contributed by atoms with E-state index in [9.17, 15) is 22.0 Å². The predicted molar refractivity (Wildman–Crippen MR) is 71.0 cm³/mol. The molecule has 116 valence electrons. The zero-order valence-corrected chi connectivity index (χ0v) is 11.9. The number of piperidine rings is 1. The van der Waals surface area contributed by atoms with Crippen molar-refractivity contribution < 1.29 is 27.1 Å². The van der Waals surface area contributed by atoms with Gasteiger partial charge in [-0.1, -0.05) is 6.07 Å². The first kappa shape index (κ1) is 15.8. The Labute approximate surface area is 121 Å². The number of nitrogens with zero attached hydrogens (tertiary/aromatic N) is 1. The highest BCUT2D eigenvalue weighted by Gasteiger charge is 2.37. The first-order valence-corrected chi connectivity index (χ1v) is 8.09. The van der Waals surface area contributed by atoms with E-state index in [1.54, 1.807) is 0 Å². The third kappa shape index (κ3) is 3.38. The SMILES string of the molecule is O=C(O)C1CCCCN1S(=O)(=O)Cc1c(F)cccc1F. The molecule has 1 aromatic carbocycles. The number of rotatable bonds is 4. The second-order valence-corrected chi connectivity index (χ2v) is 6.84. The van der Waals surface area contributed by atoms with Crippen molar-refractivity contribution in [3.8, 4) is 0 Å². The third-order valence-corrected chi connectivity index (χ3v) is 5.29. The van der Waals surface area contributed by atoms with Crippen molar-refractivity contribution in [2.24, 2.45) is 0 Å². The summed E-state index contributed by atoms with van der Waals surface area (Å²) in [6, 6.07) is 1.91. The van der Waals surface area contributed by atoms with Gasteiger partial charge in [0.1, 0.15) is 17.7 Å². The zero-order valence-electron chi connectivity index (χ0n) is 11.1. The summed E-state index contributed by atoms with van der Waals surface area (Å²) in [6.07, 6.45) is 1.34. The van der Waals surface area contributed by atoms with Crippen LogP contribution in [-0.4, -0.2) is 36.4 Å². The number of benzene rings is 1. The van der Waals surface area contributed by atoms with Crippen LogP contribution in [0.1, 0.15) is 24.8 Å². The maximum atomic E-state index is 13.6. The van der Waals surface area contributed by atoms with Gasteiger partial charge >= 0.3 is 5.97 Å². The lowest BCUT2D eigenvalue weighted by Crippen LogP contribution is -2.48. The Hall–Kier alpha value is -1.54. The lowest BCUT2D eigenvalue weighted by atomic mass is 10.1. The van der Waals surface area contributed by atoms with Crippen LogP contribution in [-0.2, 0) is 20.6 Å². The molecular weight excluding hydrogens is 304 g/mol. The van der Waals surface area contributed by atoms with E-state index in [4.69, 9.17) is 5.11 Å². The molecule has 0 spiro atoms. The number of carboxylic acids is 1. The van der Waals surface area contributed by atoms with Crippen molar-refractivity contribution in [3.63, 3.8) is 0 Å². The molecule has 1 fully saturated rings. The summed E-state index contributed by atoms with van der Waals surface area (Å²) in [4.78, 5) is 11.1. The molecule has 0 aliphatic carbocycles. The fourth-order valence-corrected chi connectivity index (χ4v) is 4.22. The number of carbonyl (C=O) groups is 1. The minimum atomic E-state index is -4.10. The Bertz CT molecular complexity index is 627. The summed E-state index contributed by atoms with van der Waals surface area (Å²) >= 11 is 0. The van der Waals surface area contributed by atoms with Crippen molar-refractivity contribution in [2.45, 2.75) is 31.1 Å². The van der Waals surface area contributed by atoms with Crippen LogP contribution in [0.5, 0.6) is 0 Å². The highest BCUT2D eigenvalue weighted by molar-refractivity contribution is 7.88. The molecule has 1 unspecified atom stereocenters. The number of aliphatic carboxylic acids is 1. The monoisotopic (exact) mass is 319 g/mol. The van der Waals surface area contributed by atoms with Crippen molar-refractivity contribution in [3.05, 3.63) is 35.4 Å². The average Bonchev–Trinajstić information content (AvgIpc) is 2.43. The molecule has 1 heterocycles. The van der Waals surface area contributed by atoms with E-state index >= 15 is 0 Å². The normalized spacial score (nSPS) is 20.4. The first-order valence-electron chi connectivity index (χ1n) is 6.48. The summed E-state index contributed by atoms with van der Waals surface area (Å²) < 4.78 is 52.6. The van der Waals surface area contributed by atoms with E-state index in [1.807, 2.05) is 0 Å². The van der Waals surface area contributed by atoms with E-state index in [-0.39, 0.29) is 13.0 Å². The second kappa shape index (κ2) is 6.07. The number of halogens is 2. The van der Waals surface area contributed by atoms with Gasteiger partial charge < -0.3 is 5.11 Å². The fraction of sp³-hybridized carbons (Fsp3) is 0.462. The van der Waals surface area contributed by atoms with Gasteiger partial charge in [-0.05, 0) is 31.4 Å². The van der Waals surface area contributed by atoms with Gasteiger partial charge in [0, 0.05) is 12.1 Å². The maximum Gasteiger partial charge on any atom is 0.322 e. The molecule has 0 aromatic heterocycles. The van der Waals surface area contributed by atoms with Crippen LogP contribution in [0.15, 0.2) is 18.2 Å². The van der Waals surface area contributed by atoms with Crippen molar-refractivity contribution >= 4 is 16.0 Å². The van der Waals surface area contributed by atoms with E-state index < -0.39 is 45.0 Å². The van der Waals surface area contributed by atoms with Crippen LogP contribution < -0.4 is 0 Å². The standard InChI is InChI=1S/C13H15F2NO4S/c14-10-4-3-5-11(15)9(10)8-21(19,20)16-7-2-1-6-12(16)13(17)18/h3-5,12H,1-2,6-8H2,(H,17,18). The van der Waals surface area contributed by atoms with Crippen molar-refractivity contribution in [1.82, 2.24) is 4.31 Å². The van der Waals surface area contributed by atoms with Crippen LogP contribution >= 0.6 is 0 Å². The van der Waals surface area contributed by atoms with Crippen molar-refractivity contribution in [2.75, 3.05) is 6.54 Å². The second-order valence-electron chi connectivity index (χ2n) is 4.92. The Balaban J connectivity index is 2.31. The summed E-state index contributed by atoms with van der Waals surface area (Å²) in [5.41, 5.74) is -0.563. The molecular formula is C13H15F2NO4S. The molecule has 1 aromatic rings. The Morgan fingerprint density at radius 3 is 2.48 bits per heavy atom. The summed E-state index contributed by atoms with van der Waals surface area (Å²) in [7, 11) is -4.10. The number of hydrogen-bond donors (Lipinski definition) is 1. The molecule has 0 saturated carbocycles. The molecule has 2 rings (SSSR count). The highest BCUT2D eigenvalue weighted by Crippen LogP contribution is 2.24. The van der Waals surface area contributed by atoms with Gasteiger partial charge in [-0.3, -0.25) is 4.79 Å². The molecule has 0 bridgehead atoms. The number of sulfonamides is 1. The highest BCUT2D eigenvalue weighted by atomic mass is 32.2. The van der Waals surface area contributed by atoms with E-state index in [0.717, 1.165) is 22.5 Å². The van der Waals surface area contributed by atoms with E-state index in [0.29, 0.717) is 12.8 Å². The van der Waals surface area contributed by atoms with Crippen molar-refractivity contribution in [1.29, 1.82) is 0 Å². The molecule has 1 aliphatic heterocycles. The molecule has 8 heteroatoms. The summed E-state index contributed by atoms with van der Waals surface area (Å²) in [5.74, 6) is -4.04. The molecule has 0 amide bonds. The van der Waals surface area contributed by atoms with Gasteiger partial charge in [-0.2, -0.15) is 4.31 Å². The molecule has 1 N–H and O–H groups in total. The van der Waals surface area contributed by atoms with E-state index in [1.165, 1.54) is 0 Å². The lowest BCUT2D eigenvalue weighted by molar-refractivity contribution is -0.142. The van der Waals surface area contributed by atoms with Gasteiger partial charge in [-0.25, -0.2) is 17.2 Å². The predicted octanol–water partition coefficient (Wildman–Crippen LogP) is 1.73.